The third kappa shape index (κ3) is 5.74. The second-order valence-electron chi connectivity index (χ2n) is 5.65. The molecule has 2 aromatic rings. The zero-order valence-corrected chi connectivity index (χ0v) is 15.2. The van der Waals surface area contributed by atoms with Crippen molar-refractivity contribution in [2.75, 3.05) is 13.7 Å². The first kappa shape index (κ1) is 19.7. The van der Waals surface area contributed by atoms with Gasteiger partial charge in [-0.2, -0.15) is 0 Å². The number of halogens is 2. The number of benzene rings is 2. The minimum Gasteiger partial charge on any atom is -0.494 e. The van der Waals surface area contributed by atoms with Crippen molar-refractivity contribution >= 4 is 23.5 Å². The van der Waals surface area contributed by atoms with Crippen molar-refractivity contribution in [1.82, 2.24) is 5.32 Å². The molecule has 0 fully saturated rings. The predicted molar refractivity (Wildman–Crippen MR) is 95.6 cm³/mol. The van der Waals surface area contributed by atoms with Crippen LogP contribution in [0.5, 0.6) is 5.75 Å². The summed E-state index contributed by atoms with van der Waals surface area (Å²) in [4.78, 5) is 23.7. The van der Waals surface area contributed by atoms with Crippen molar-refractivity contribution in [3.05, 3.63) is 64.4 Å². The summed E-state index contributed by atoms with van der Waals surface area (Å²) in [5, 5.41) is 3.33. The summed E-state index contributed by atoms with van der Waals surface area (Å²) >= 11 is 5.82. The molecule has 1 atom stereocenters. The van der Waals surface area contributed by atoms with Gasteiger partial charge in [0.05, 0.1) is 19.6 Å². The Morgan fingerprint density at radius 2 is 1.88 bits per heavy atom. The van der Waals surface area contributed by atoms with E-state index in [1.165, 1.54) is 19.2 Å². The number of esters is 1. The molecule has 2 rings (SSSR count). The number of carbonyl (C=O) groups is 2. The molecule has 0 heterocycles. The van der Waals surface area contributed by atoms with E-state index in [1.54, 1.807) is 30.3 Å². The standard InChI is InChI=1S/C19H19ClFNO4/c1-12(14-4-6-15(20)7-5-14)22-18(23)11-26-19(24)10-13-3-8-17(25-2)16(21)9-13/h3-9,12H,10-11H2,1-2H3,(H,22,23)/t12-/m0/s1. The normalized spacial score (nSPS) is 11.5. The van der Waals surface area contributed by atoms with Crippen LogP contribution in [0.15, 0.2) is 42.5 Å². The molecule has 0 saturated heterocycles. The van der Waals surface area contributed by atoms with Gasteiger partial charge in [-0.25, -0.2) is 4.39 Å². The second kappa shape index (κ2) is 9.20. The quantitative estimate of drug-likeness (QED) is 0.748. The molecule has 1 amide bonds. The number of methoxy groups -OCH3 is 1. The maximum Gasteiger partial charge on any atom is 0.310 e. The summed E-state index contributed by atoms with van der Waals surface area (Å²) in [7, 11) is 1.36. The Morgan fingerprint density at radius 3 is 2.50 bits per heavy atom. The lowest BCUT2D eigenvalue weighted by molar-refractivity contribution is -0.148. The Bertz CT molecular complexity index is 780. The van der Waals surface area contributed by atoms with Crippen molar-refractivity contribution in [3.63, 3.8) is 0 Å². The average Bonchev–Trinajstić information content (AvgIpc) is 2.60. The molecule has 0 unspecified atom stereocenters. The number of ether oxygens (including phenoxy) is 2. The van der Waals surface area contributed by atoms with Crippen LogP contribution in [0.25, 0.3) is 0 Å². The molecule has 0 bridgehead atoms. The van der Waals surface area contributed by atoms with Crippen LogP contribution in [0.3, 0.4) is 0 Å². The van der Waals surface area contributed by atoms with Gasteiger partial charge >= 0.3 is 5.97 Å². The molecule has 2 aromatic carbocycles. The molecule has 0 spiro atoms. The van der Waals surface area contributed by atoms with Crippen LogP contribution in [-0.4, -0.2) is 25.6 Å². The highest BCUT2D eigenvalue weighted by atomic mass is 35.5. The highest BCUT2D eigenvalue weighted by molar-refractivity contribution is 6.30. The lowest BCUT2D eigenvalue weighted by atomic mass is 10.1. The first-order valence-corrected chi connectivity index (χ1v) is 8.29. The lowest BCUT2D eigenvalue weighted by Crippen LogP contribution is -2.31. The monoisotopic (exact) mass is 379 g/mol. The lowest BCUT2D eigenvalue weighted by Gasteiger charge is -2.14. The van der Waals surface area contributed by atoms with E-state index in [1.807, 2.05) is 6.92 Å². The second-order valence-corrected chi connectivity index (χ2v) is 6.08. The van der Waals surface area contributed by atoms with E-state index in [0.717, 1.165) is 5.56 Å². The fourth-order valence-corrected chi connectivity index (χ4v) is 2.43. The Kier molecular flexibility index (Phi) is 6.97. The number of amides is 1. The van der Waals surface area contributed by atoms with E-state index < -0.39 is 24.3 Å². The minimum atomic E-state index is -0.621. The highest BCUT2D eigenvalue weighted by Crippen LogP contribution is 2.18. The summed E-state index contributed by atoms with van der Waals surface area (Å²) in [6.45, 7) is 1.40. The van der Waals surface area contributed by atoms with Gasteiger partial charge in [-0.15, -0.1) is 0 Å². The molecule has 0 aromatic heterocycles. The number of hydrogen-bond acceptors (Lipinski definition) is 4. The molecule has 1 N–H and O–H groups in total. The third-order valence-electron chi connectivity index (χ3n) is 3.68. The van der Waals surface area contributed by atoms with Gasteiger partial charge in [0, 0.05) is 5.02 Å². The van der Waals surface area contributed by atoms with E-state index in [9.17, 15) is 14.0 Å². The molecule has 5 nitrogen and oxygen atoms in total. The SMILES string of the molecule is COc1ccc(CC(=O)OCC(=O)N[C@@H](C)c2ccc(Cl)cc2)cc1F. The van der Waals surface area contributed by atoms with Crippen molar-refractivity contribution < 1.29 is 23.5 Å². The summed E-state index contributed by atoms with van der Waals surface area (Å²) < 4.78 is 23.3. The molecule has 0 aliphatic rings. The fraction of sp³-hybridized carbons (Fsp3) is 0.263. The van der Waals surface area contributed by atoms with Crippen LogP contribution in [0.1, 0.15) is 24.1 Å². The zero-order valence-electron chi connectivity index (χ0n) is 14.4. The number of carbonyl (C=O) groups excluding carboxylic acids is 2. The largest absolute Gasteiger partial charge is 0.494 e. The van der Waals surface area contributed by atoms with E-state index in [2.05, 4.69) is 5.32 Å². The van der Waals surface area contributed by atoms with Gasteiger partial charge in [0.25, 0.3) is 5.91 Å². The van der Waals surface area contributed by atoms with Crippen LogP contribution in [-0.2, 0) is 20.7 Å². The minimum absolute atomic E-state index is 0.0951. The van der Waals surface area contributed by atoms with Crippen LogP contribution >= 0.6 is 11.6 Å². The van der Waals surface area contributed by atoms with Crippen molar-refractivity contribution in [2.45, 2.75) is 19.4 Å². The molecule has 26 heavy (non-hydrogen) atoms. The number of hydrogen-bond donors (Lipinski definition) is 1. The maximum absolute atomic E-state index is 13.6. The summed E-state index contributed by atoms with van der Waals surface area (Å²) in [5.74, 6) is -1.52. The third-order valence-corrected chi connectivity index (χ3v) is 3.93. The van der Waals surface area contributed by atoms with Gasteiger partial charge in [-0.3, -0.25) is 9.59 Å². The first-order chi connectivity index (χ1) is 12.4. The van der Waals surface area contributed by atoms with Gasteiger partial charge < -0.3 is 14.8 Å². The smallest absolute Gasteiger partial charge is 0.310 e. The Balaban J connectivity index is 1.80. The number of nitrogens with one attached hydrogen (secondary N) is 1. The predicted octanol–water partition coefficient (Wildman–Crippen LogP) is 3.45. The summed E-state index contributed by atoms with van der Waals surface area (Å²) in [6.07, 6.45) is -0.138. The first-order valence-electron chi connectivity index (χ1n) is 7.92. The molecule has 0 radical (unpaired) electrons. The van der Waals surface area contributed by atoms with Crippen LogP contribution in [0.4, 0.5) is 4.39 Å². The topological polar surface area (TPSA) is 64.6 Å². The van der Waals surface area contributed by atoms with Gasteiger partial charge in [-0.1, -0.05) is 29.8 Å². The van der Waals surface area contributed by atoms with E-state index in [0.29, 0.717) is 10.6 Å². The molecule has 7 heteroatoms. The average molecular weight is 380 g/mol. The number of rotatable bonds is 7. The molecular formula is C19H19ClFNO4. The molecule has 0 saturated carbocycles. The van der Waals surface area contributed by atoms with Crippen LogP contribution in [0.2, 0.25) is 5.02 Å². The van der Waals surface area contributed by atoms with E-state index in [4.69, 9.17) is 21.1 Å². The van der Waals surface area contributed by atoms with E-state index in [-0.39, 0.29) is 18.2 Å². The maximum atomic E-state index is 13.6. The van der Waals surface area contributed by atoms with Crippen molar-refractivity contribution in [1.29, 1.82) is 0 Å². The van der Waals surface area contributed by atoms with Crippen LogP contribution in [0, 0.1) is 5.82 Å². The van der Waals surface area contributed by atoms with Crippen molar-refractivity contribution in [3.8, 4) is 5.75 Å². The molecular weight excluding hydrogens is 361 g/mol. The summed E-state index contributed by atoms with van der Waals surface area (Å²) in [5.41, 5.74) is 1.31. The summed E-state index contributed by atoms with van der Waals surface area (Å²) in [6, 6.07) is 11.0. The zero-order chi connectivity index (χ0) is 19.1. The van der Waals surface area contributed by atoms with Gasteiger partial charge in [0.2, 0.25) is 0 Å². The van der Waals surface area contributed by atoms with Gasteiger partial charge in [-0.05, 0) is 42.3 Å². The van der Waals surface area contributed by atoms with Gasteiger partial charge in [0.15, 0.2) is 18.2 Å². The molecule has 138 valence electrons. The van der Waals surface area contributed by atoms with Crippen molar-refractivity contribution in [2.24, 2.45) is 0 Å². The Hall–Kier alpha value is -2.60. The van der Waals surface area contributed by atoms with Gasteiger partial charge in [0.1, 0.15) is 0 Å². The molecule has 0 aliphatic carbocycles. The van der Waals surface area contributed by atoms with Crippen LogP contribution < -0.4 is 10.1 Å². The Morgan fingerprint density at radius 1 is 1.19 bits per heavy atom. The Labute approximate surface area is 156 Å². The van der Waals surface area contributed by atoms with E-state index >= 15 is 0 Å². The fourth-order valence-electron chi connectivity index (χ4n) is 2.30. The highest BCUT2D eigenvalue weighted by Gasteiger charge is 2.13. The molecule has 0 aliphatic heterocycles.